The van der Waals surface area contributed by atoms with Crippen LogP contribution < -0.4 is 5.32 Å². The highest BCUT2D eigenvalue weighted by atomic mass is 16.5. The summed E-state index contributed by atoms with van der Waals surface area (Å²) in [6.07, 6.45) is 1.68. The zero-order valence-electron chi connectivity index (χ0n) is 13.4. The molecule has 2 amide bonds. The monoisotopic (exact) mass is 320 g/mol. The number of carboxylic acid groups (broad SMARTS) is 1. The highest BCUT2D eigenvalue weighted by Gasteiger charge is 2.27. The Labute approximate surface area is 136 Å². The fourth-order valence-corrected chi connectivity index (χ4v) is 2.76. The minimum Gasteiger partial charge on any atom is -0.481 e. The number of ether oxygens (including phenoxy) is 1. The smallest absolute Gasteiger partial charge is 0.317 e. The van der Waals surface area contributed by atoms with Crippen LogP contribution >= 0.6 is 0 Å². The molecule has 0 spiro atoms. The third kappa shape index (κ3) is 5.25. The molecule has 1 saturated heterocycles. The van der Waals surface area contributed by atoms with Gasteiger partial charge in [0.2, 0.25) is 0 Å². The van der Waals surface area contributed by atoms with E-state index >= 15 is 0 Å². The van der Waals surface area contributed by atoms with Gasteiger partial charge in [-0.3, -0.25) is 4.79 Å². The number of urea groups is 1. The van der Waals surface area contributed by atoms with E-state index < -0.39 is 5.97 Å². The molecule has 0 radical (unpaired) electrons. The first-order valence-electron chi connectivity index (χ1n) is 7.92. The lowest BCUT2D eigenvalue weighted by atomic mass is 9.97. The second kappa shape index (κ2) is 8.53. The lowest BCUT2D eigenvalue weighted by Gasteiger charge is -2.30. The van der Waals surface area contributed by atoms with E-state index in [1.807, 2.05) is 30.3 Å². The van der Waals surface area contributed by atoms with Crippen LogP contribution in [0.4, 0.5) is 4.79 Å². The van der Waals surface area contributed by atoms with Crippen molar-refractivity contribution in [3.05, 3.63) is 35.9 Å². The summed E-state index contributed by atoms with van der Waals surface area (Å²) >= 11 is 0. The van der Waals surface area contributed by atoms with E-state index in [0.29, 0.717) is 32.5 Å². The Morgan fingerprint density at radius 1 is 1.30 bits per heavy atom. The zero-order valence-corrected chi connectivity index (χ0v) is 13.4. The Morgan fingerprint density at radius 2 is 1.96 bits per heavy atom. The number of rotatable bonds is 6. The van der Waals surface area contributed by atoms with Crippen molar-refractivity contribution in [2.45, 2.75) is 25.4 Å². The van der Waals surface area contributed by atoms with Gasteiger partial charge in [0.1, 0.15) is 0 Å². The van der Waals surface area contributed by atoms with Crippen molar-refractivity contribution < 1.29 is 19.4 Å². The Kier molecular flexibility index (Phi) is 6.40. The lowest BCUT2D eigenvalue weighted by Crippen LogP contribution is -2.47. The molecule has 0 aliphatic carbocycles. The number of likely N-dealkylation sites (tertiary alicyclic amines) is 1. The SMILES string of the molecule is COC(CNC(=O)N1CCC(C(=O)O)CC1)Cc1ccccc1. The summed E-state index contributed by atoms with van der Waals surface area (Å²) in [4.78, 5) is 24.8. The molecule has 6 nitrogen and oxygen atoms in total. The second-order valence-electron chi connectivity index (χ2n) is 5.83. The molecule has 0 aromatic heterocycles. The first-order valence-corrected chi connectivity index (χ1v) is 7.92. The van der Waals surface area contributed by atoms with Crippen LogP contribution in [0.15, 0.2) is 30.3 Å². The maximum absolute atomic E-state index is 12.2. The van der Waals surface area contributed by atoms with Crippen molar-refractivity contribution in [1.82, 2.24) is 10.2 Å². The van der Waals surface area contributed by atoms with Gasteiger partial charge in [-0.1, -0.05) is 30.3 Å². The number of amides is 2. The predicted molar refractivity (Wildman–Crippen MR) is 86.3 cm³/mol. The molecule has 1 unspecified atom stereocenters. The van der Waals surface area contributed by atoms with Crippen molar-refractivity contribution in [2.24, 2.45) is 5.92 Å². The van der Waals surface area contributed by atoms with Gasteiger partial charge in [0.05, 0.1) is 12.0 Å². The summed E-state index contributed by atoms with van der Waals surface area (Å²) in [5.74, 6) is -1.10. The molecule has 2 N–H and O–H groups in total. The Hall–Kier alpha value is -2.08. The molecule has 126 valence electrons. The molecule has 1 aliphatic rings. The van der Waals surface area contributed by atoms with Crippen LogP contribution in [0.25, 0.3) is 0 Å². The lowest BCUT2D eigenvalue weighted by molar-refractivity contribution is -0.143. The van der Waals surface area contributed by atoms with E-state index in [0.717, 1.165) is 12.0 Å². The number of carbonyl (C=O) groups excluding carboxylic acids is 1. The molecule has 0 bridgehead atoms. The minimum atomic E-state index is -0.771. The maximum Gasteiger partial charge on any atom is 0.317 e. The molecule has 1 aromatic rings. The highest BCUT2D eigenvalue weighted by Crippen LogP contribution is 2.17. The number of nitrogens with zero attached hydrogens (tertiary/aromatic N) is 1. The first kappa shape index (κ1) is 17.3. The van der Waals surface area contributed by atoms with Gasteiger partial charge < -0.3 is 20.1 Å². The van der Waals surface area contributed by atoms with Gasteiger partial charge in [-0.05, 0) is 18.4 Å². The van der Waals surface area contributed by atoms with E-state index in [1.54, 1.807) is 12.0 Å². The largest absolute Gasteiger partial charge is 0.481 e. The number of piperidine rings is 1. The van der Waals surface area contributed by atoms with Gasteiger partial charge >= 0.3 is 12.0 Å². The number of hydrogen-bond donors (Lipinski definition) is 2. The molecule has 0 saturated carbocycles. The summed E-state index contributed by atoms with van der Waals surface area (Å²) in [5.41, 5.74) is 1.16. The van der Waals surface area contributed by atoms with Gasteiger partial charge in [0, 0.05) is 33.2 Å². The second-order valence-corrected chi connectivity index (χ2v) is 5.83. The fourth-order valence-electron chi connectivity index (χ4n) is 2.76. The van der Waals surface area contributed by atoms with E-state index in [2.05, 4.69) is 5.32 Å². The van der Waals surface area contributed by atoms with Gasteiger partial charge in [0.25, 0.3) is 0 Å². The Balaban J connectivity index is 1.75. The summed E-state index contributed by atoms with van der Waals surface area (Å²) < 4.78 is 5.43. The number of methoxy groups -OCH3 is 1. The standard InChI is InChI=1S/C17H24N2O4/c1-23-15(11-13-5-3-2-4-6-13)12-18-17(22)19-9-7-14(8-10-19)16(20)21/h2-6,14-15H,7-12H2,1H3,(H,18,22)(H,20,21). The van der Waals surface area contributed by atoms with E-state index in [-0.39, 0.29) is 18.1 Å². The van der Waals surface area contributed by atoms with Crippen LogP contribution in [-0.4, -0.2) is 54.9 Å². The number of nitrogens with one attached hydrogen (secondary N) is 1. The number of carbonyl (C=O) groups is 2. The highest BCUT2D eigenvalue weighted by molar-refractivity contribution is 5.75. The molecule has 23 heavy (non-hydrogen) atoms. The van der Waals surface area contributed by atoms with Crippen LogP contribution in [0.3, 0.4) is 0 Å². The van der Waals surface area contributed by atoms with Crippen molar-refractivity contribution in [2.75, 3.05) is 26.7 Å². The van der Waals surface area contributed by atoms with Crippen LogP contribution in [0, 0.1) is 5.92 Å². The number of aliphatic carboxylic acids is 1. The van der Waals surface area contributed by atoms with Crippen LogP contribution in [0.5, 0.6) is 0 Å². The quantitative estimate of drug-likeness (QED) is 0.837. The third-order valence-corrected chi connectivity index (χ3v) is 4.25. The molecule has 1 fully saturated rings. The number of carboxylic acids is 1. The molecular weight excluding hydrogens is 296 g/mol. The number of hydrogen-bond acceptors (Lipinski definition) is 3. The minimum absolute atomic E-state index is 0.0853. The van der Waals surface area contributed by atoms with Gasteiger partial charge in [-0.2, -0.15) is 0 Å². The van der Waals surface area contributed by atoms with E-state index in [9.17, 15) is 9.59 Å². The van der Waals surface area contributed by atoms with Crippen LogP contribution in [-0.2, 0) is 16.0 Å². The maximum atomic E-state index is 12.2. The Bertz CT molecular complexity index is 513. The third-order valence-electron chi connectivity index (χ3n) is 4.25. The van der Waals surface area contributed by atoms with Gasteiger partial charge in [0.15, 0.2) is 0 Å². The molecule has 2 rings (SSSR count). The average molecular weight is 320 g/mol. The van der Waals surface area contributed by atoms with Gasteiger partial charge in [-0.25, -0.2) is 4.79 Å². The average Bonchev–Trinajstić information content (AvgIpc) is 2.59. The van der Waals surface area contributed by atoms with Gasteiger partial charge in [-0.15, -0.1) is 0 Å². The Morgan fingerprint density at radius 3 is 2.52 bits per heavy atom. The molecule has 6 heteroatoms. The first-order chi connectivity index (χ1) is 11.1. The zero-order chi connectivity index (χ0) is 16.7. The molecule has 1 heterocycles. The fraction of sp³-hybridized carbons (Fsp3) is 0.529. The van der Waals surface area contributed by atoms with E-state index in [4.69, 9.17) is 9.84 Å². The van der Waals surface area contributed by atoms with E-state index in [1.165, 1.54) is 0 Å². The summed E-state index contributed by atoms with van der Waals surface area (Å²) in [7, 11) is 1.64. The topological polar surface area (TPSA) is 78.9 Å². The normalized spacial score (nSPS) is 16.8. The predicted octanol–water partition coefficient (Wildman–Crippen LogP) is 1.75. The van der Waals surface area contributed by atoms with Crippen molar-refractivity contribution >= 4 is 12.0 Å². The van der Waals surface area contributed by atoms with Crippen molar-refractivity contribution in [3.8, 4) is 0 Å². The van der Waals surface area contributed by atoms with Crippen LogP contribution in [0.1, 0.15) is 18.4 Å². The van der Waals surface area contributed by atoms with Crippen molar-refractivity contribution in [1.29, 1.82) is 0 Å². The molecule has 1 aliphatic heterocycles. The summed E-state index contributed by atoms with van der Waals surface area (Å²) in [6, 6.07) is 9.84. The number of benzene rings is 1. The molecular formula is C17H24N2O4. The van der Waals surface area contributed by atoms with Crippen LogP contribution in [0.2, 0.25) is 0 Å². The summed E-state index contributed by atoms with van der Waals surface area (Å²) in [5, 5.41) is 11.9. The molecule has 1 atom stereocenters. The van der Waals surface area contributed by atoms with Crippen molar-refractivity contribution in [3.63, 3.8) is 0 Å². The molecule has 1 aromatic carbocycles. The summed E-state index contributed by atoms with van der Waals surface area (Å²) in [6.45, 7) is 1.40.